The molecule has 0 radical (unpaired) electrons. The minimum atomic E-state index is -4.67. The summed E-state index contributed by atoms with van der Waals surface area (Å²) in [5.74, 6) is -4.47. The highest BCUT2D eigenvalue weighted by Gasteiger charge is 2.76. The predicted octanol–water partition coefficient (Wildman–Crippen LogP) is 7.11. The van der Waals surface area contributed by atoms with Gasteiger partial charge in [-0.25, -0.2) is 8.78 Å². The Bertz CT molecular complexity index is 1220. The molecule has 2 atom stereocenters. The minimum absolute atomic E-state index is 0.0112. The number of amides is 1. The predicted molar refractivity (Wildman–Crippen MR) is 128 cm³/mol. The molecule has 4 nitrogen and oxygen atoms in total. The maximum absolute atomic E-state index is 13.3. The van der Waals surface area contributed by atoms with Crippen LogP contribution in [0.15, 0.2) is 36.4 Å². The molecule has 194 valence electrons. The van der Waals surface area contributed by atoms with E-state index >= 15 is 0 Å². The molecule has 4 rings (SSSR count). The van der Waals surface area contributed by atoms with Crippen molar-refractivity contribution in [2.45, 2.75) is 41.2 Å². The van der Waals surface area contributed by atoms with Crippen LogP contribution in [0.3, 0.4) is 0 Å². The molecule has 0 spiro atoms. The number of halogens is 9. The maximum atomic E-state index is 13.3. The van der Waals surface area contributed by atoms with E-state index in [1.165, 1.54) is 24.3 Å². The van der Waals surface area contributed by atoms with E-state index < -0.39 is 58.1 Å². The number of carbonyl (C=O) groups is 2. The Hall–Kier alpha value is -1.81. The SMILES string of the molecule is O=CC1(CNc2ccc(Cl)c(C(=O)NC3CC(F)(F)C3)c2)C(c2cc(Cl)cc(C(F)(F)F)c2)C1(Cl)Cl. The Balaban J connectivity index is 1.52. The van der Waals surface area contributed by atoms with Gasteiger partial charge in [0, 0.05) is 42.1 Å². The van der Waals surface area contributed by atoms with Crippen LogP contribution in [0.1, 0.15) is 40.2 Å². The van der Waals surface area contributed by atoms with E-state index in [0.717, 1.165) is 12.1 Å². The Labute approximate surface area is 222 Å². The molecule has 13 heteroatoms. The number of hydrogen-bond donors (Lipinski definition) is 2. The van der Waals surface area contributed by atoms with Gasteiger partial charge in [-0.3, -0.25) is 4.79 Å². The molecule has 0 aromatic heterocycles. The standard InChI is InChI=1S/C23H17Cl4F5N2O2/c24-13-4-11(3-12(5-13)23(30,31)32)18-20(10-35,22(18,26)27)9-33-14-1-2-17(25)16(6-14)19(36)34-15-7-21(28,29)8-15/h1-6,10,15,18,33H,7-9H2,(H,34,36). The fraction of sp³-hybridized carbons (Fsp3) is 0.391. The monoisotopic (exact) mass is 588 g/mol. The highest BCUT2D eigenvalue weighted by molar-refractivity contribution is 6.54. The first-order valence-corrected chi connectivity index (χ1v) is 12.0. The van der Waals surface area contributed by atoms with Crippen LogP contribution in [0.4, 0.5) is 27.6 Å². The molecule has 2 unspecified atom stereocenters. The van der Waals surface area contributed by atoms with Gasteiger partial charge in [0.1, 0.15) is 10.6 Å². The second-order valence-electron chi connectivity index (χ2n) is 8.97. The molecule has 2 fully saturated rings. The number of nitrogens with one attached hydrogen (secondary N) is 2. The van der Waals surface area contributed by atoms with Crippen molar-refractivity contribution >= 4 is 64.3 Å². The van der Waals surface area contributed by atoms with Gasteiger partial charge < -0.3 is 15.4 Å². The van der Waals surface area contributed by atoms with E-state index in [1.54, 1.807) is 0 Å². The van der Waals surface area contributed by atoms with Crippen molar-refractivity contribution in [3.05, 3.63) is 63.1 Å². The zero-order chi connectivity index (χ0) is 26.7. The van der Waals surface area contributed by atoms with Crippen LogP contribution in [0, 0.1) is 5.41 Å². The molecular weight excluding hydrogens is 573 g/mol. The Kier molecular flexibility index (Phi) is 6.95. The molecule has 1 amide bonds. The molecule has 2 saturated carbocycles. The van der Waals surface area contributed by atoms with Crippen molar-refractivity contribution in [1.82, 2.24) is 5.32 Å². The van der Waals surface area contributed by atoms with Gasteiger partial charge in [-0.1, -0.05) is 46.4 Å². The zero-order valence-corrected chi connectivity index (χ0v) is 21.1. The minimum Gasteiger partial charge on any atom is -0.384 e. The largest absolute Gasteiger partial charge is 0.416 e. The topological polar surface area (TPSA) is 58.2 Å². The normalized spacial score (nSPS) is 24.5. The summed E-state index contributed by atoms with van der Waals surface area (Å²) in [6.07, 6.45) is -5.14. The molecule has 2 aliphatic carbocycles. The highest BCUT2D eigenvalue weighted by Crippen LogP contribution is 2.73. The van der Waals surface area contributed by atoms with Gasteiger partial charge in [-0.05, 0) is 42.0 Å². The van der Waals surface area contributed by atoms with E-state index in [1.807, 2.05) is 0 Å². The lowest BCUT2D eigenvalue weighted by molar-refractivity contribution is -0.137. The number of benzene rings is 2. The van der Waals surface area contributed by atoms with E-state index in [-0.39, 0.29) is 27.7 Å². The molecule has 36 heavy (non-hydrogen) atoms. The van der Waals surface area contributed by atoms with Crippen molar-refractivity contribution < 1.29 is 31.5 Å². The Morgan fingerprint density at radius 3 is 2.33 bits per heavy atom. The van der Waals surface area contributed by atoms with Crippen LogP contribution in [0.2, 0.25) is 10.0 Å². The second kappa shape index (κ2) is 9.19. The van der Waals surface area contributed by atoms with Crippen molar-refractivity contribution in [3.8, 4) is 0 Å². The third-order valence-corrected chi connectivity index (χ3v) is 8.12. The van der Waals surface area contributed by atoms with Crippen LogP contribution in [-0.4, -0.2) is 35.0 Å². The van der Waals surface area contributed by atoms with E-state index in [2.05, 4.69) is 10.6 Å². The first-order valence-electron chi connectivity index (χ1n) is 10.5. The number of anilines is 1. The van der Waals surface area contributed by atoms with Crippen LogP contribution in [0.25, 0.3) is 0 Å². The number of rotatable bonds is 7. The third-order valence-electron chi connectivity index (χ3n) is 6.43. The van der Waals surface area contributed by atoms with Crippen molar-refractivity contribution in [2.24, 2.45) is 5.41 Å². The van der Waals surface area contributed by atoms with Gasteiger partial charge in [0.2, 0.25) is 0 Å². The summed E-state index contributed by atoms with van der Waals surface area (Å²) in [5.41, 5.74) is -2.14. The van der Waals surface area contributed by atoms with Gasteiger partial charge >= 0.3 is 6.18 Å². The van der Waals surface area contributed by atoms with Crippen LogP contribution < -0.4 is 10.6 Å². The first-order chi connectivity index (χ1) is 16.6. The number of aldehydes is 1. The smallest absolute Gasteiger partial charge is 0.384 e. The highest BCUT2D eigenvalue weighted by atomic mass is 35.5. The van der Waals surface area contributed by atoms with Crippen LogP contribution in [0.5, 0.6) is 0 Å². The van der Waals surface area contributed by atoms with Crippen molar-refractivity contribution in [2.75, 3.05) is 11.9 Å². The fourth-order valence-corrected chi connectivity index (χ4v) is 5.84. The summed E-state index contributed by atoms with van der Waals surface area (Å²) in [6.45, 7) is -0.195. The summed E-state index contributed by atoms with van der Waals surface area (Å²) in [7, 11) is 0. The average Bonchev–Trinajstić information content (AvgIpc) is 3.25. The lowest BCUT2D eigenvalue weighted by Gasteiger charge is -2.35. The van der Waals surface area contributed by atoms with Gasteiger partial charge in [0.15, 0.2) is 0 Å². The summed E-state index contributed by atoms with van der Waals surface area (Å²) in [6, 6.07) is 6.43. The molecule has 2 aliphatic rings. The zero-order valence-electron chi connectivity index (χ0n) is 18.0. The third kappa shape index (κ3) is 4.99. The van der Waals surface area contributed by atoms with Gasteiger partial charge in [-0.2, -0.15) is 13.2 Å². The lowest BCUT2D eigenvalue weighted by atomic mass is 9.88. The molecular formula is C23H17Cl4F5N2O2. The van der Waals surface area contributed by atoms with E-state index in [9.17, 15) is 31.5 Å². The summed E-state index contributed by atoms with van der Waals surface area (Å²) in [4.78, 5) is 24.6. The molecule has 2 aromatic carbocycles. The van der Waals surface area contributed by atoms with Gasteiger partial charge in [0.05, 0.1) is 21.6 Å². The van der Waals surface area contributed by atoms with Crippen LogP contribution in [-0.2, 0) is 11.0 Å². The van der Waals surface area contributed by atoms with Crippen molar-refractivity contribution in [1.29, 1.82) is 0 Å². The van der Waals surface area contributed by atoms with Crippen LogP contribution >= 0.6 is 46.4 Å². The molecule has 0 bridgehead atoms. The lowest BCUT2D eigenvalue weighted by Crippen LogP contribution is -2.50. The quantitative estimate of drug-likeness (QED) is 0.206. The molecule has 2 aromatic rings. The molecule has 2 N–H and O–H groups in total. The molecule has 0 heterocycles. The summed E-state index contributed by atoms with van der Waals surface area (Å²) >= 11 is 24.7. The van der Waals surface area contributed by atoms with E-state index in [0.29, 0.717) is 12.0 Å². The Morgan fingerprint density at radius 1 is 1.08 bits per heavy atom. The Morgan fingerprint density at radius 2 is 1.75 bits per heavy atom. The first kappa shape index (κ1) is 27.2. The van der Waals surface area contributed by atoms with E-state index in [4.69, 9.17) is 46.4 Å². The number of carbonyl (C=O) groups excluding carboxylic acids is 2. The number of alkyl halides is 7. The number of hydrogen-bond acceptors (Lipinski definition) is 3. The summed E-state index contributed by atoms with van der Waals surface area (Å²) < 4.78 is 64.2. The van der Waals surface area contributed by atoms with Crippen molar-refractivity contribution in [3.63, 3.8) is 0 Å². The molecule has 0 aliphatic heterocycles. The molecule has 0 saturated heterocycles. The average molecular weight is 590 g/mol. The fourth-order valence-electron chi connectivity index (χ4n) is 4.42. The second-order valence-corrected chi connectivity index (χ2v) is 11.2. The summed E-state index contributed by atoms with van der Waals surface area (Å²) in [5, 5.41) is 5.28. The van der Waals surface area contributed by atoms with Gasteiger partial charge in [-0.15, -0.1) is 0 Å². The maximum Gasteiger partial charge on any atom is 0.416 e. The van der Waals surface area contributed by atoms with Gasteiger partial charge in [0.25, 0.3) is 11.8 Å².